The smallest absolute Gasteiger partial charge is 0.176 e. The van der Waals surface area contributed by atoms with Gasteiger partial charge in [0, 0.05) is 6.04 Å². The van der Waals surface area contributed by atoms with Crippen molar-refractivity contribution in [2.75, 3.05) is 0 Å². The van der Waals surface area contributed by atoms with Crippen LogP contribution in [0.2, 0.25) is 0 Å². The lowest BCUT2D eigenvalue weighted by molar-refractivity contribution is 0.377. The molecule has 2 heteroatoms. The Morgan fingerprint density at radius 3 is 2.43 bits per heavy atom. The lowest BCUT2D eigenvalue weighted by Crippen LogP contribution is -2.31. The van der Waals surface area contributed by atoms with Crippen molar-refractivity contribution in [3.05, 3.63) is 0 Å². The van der Waals surface area contributed by atoms with Gasteiger partial charge in [0.25, 0.3) is 0 Å². The molecule has 0 aromatic heterocycles. The Morgan fingerprint density at radius 2 is 2.29 bits per heavy atom. The second-order valence-electron chi connectivity index (χ2n) is 1.88. The van der Waals surface area contributed by atoms with Crippen LogP contribution < -0.4 is 5.32 Å². The summed E-state index contributed by atoms with van der Waals surface area (Å²) < 4.78 is 0. The SMILES string of the molecule is N#CNC1CCC1. The normalized spacial score (nSPS) is 19.9. The van der Waals surface area contributed by atoms with E-state index in [1.165, 1.54) is 19.3 Å². The Labute approximate surface area is 43.1 Å². The summed E-state index contributed by atoms with van der Waals surface area (Å²) >= 11 is 0. The van der Waals surface area contributed by atoms with E-state index in [1.54, 1.807) is 0 Å². The summed E-state index contributed by atoms with van der Waals surface area (Å²) in [5.41, 5.74) is 0. The van der Waals surface area contributed by atoms with Crippen molar-refractivity contribution in [2.24, 2.45) is 0 Å². The third-order valence-corrected chi connectivity index (χ3v) is 1.37. The monoisotopic (exact) mass is 96.1 g/mol. The molecule has 0 aromatic carbocycles. The Bertz CT molecular complexity index is 88.7. The molecule has 0 aliphatic heterocycles. The maximum absolute atomic E-state index is 8.04. The van der Waals surface area contributed by atoms with Gasteiger partial charge in [0.2, 0.25) is 0 Å². The molecular formula is C5H8N2. The largest absolute Gasteiger partial charge is 0.321 e. The van der Waals surface area contributed by atoms with Crippen LogP contribution in [0.15, 0.2) is 0 Å². The molecule has 1 aliphatic rings. The van der Waals surface area contributed by atoms with Gasteiger partial charge in [-0.1, -0.05) is 0 Å². The molecule has 0 spiro atoms. The molecule has 1 aliphatic carbocycles. The van der Waals surface area contributed by atoms with Crippen molar-refractivity contribution in [2.45, 2.75) is 25.3 Å². The van der Waals surface area contributed by atoms with Gasteiger partial charge in [0.05, 0.1) is 0 Å². The molecule has 1 saturated carbocycles. The summed E-state index contributed by atoms with van der Waals surface area (Å²) in [6.45, 7) is 0. The van der Waals surface area contributed by atoms with Crippen LogP contribution in [0.5, 0.6) is 0 Å². The van der Waals surface area contributed by atoms with Crippen LogP contribution in [0.3, 0.4) is 0 Å². The minimum absolute atomic E-state index is 0.519. The van der Waals surface area contributed by atoms with Gasteiger partial charge in [-0.15, -0.1) is 0 Å². The predicted molar refractivity (Wildman–Crippen MR) is 26.4 cm³/mol. The molecule has 0 amide bonds. The first kappa shape index (κ1) is 4.45. The van der Waals surface area contributed by atoms with Crippen molar-refractivity contribution < 1.29 is 0 Å². The summed E-state index contributed by atoms with van der Waals surface area (Å²) in [5.74, 6) is 0. The second kappa shape index (κ2) is 1.83. The van der Waals surface area contributed by atoms with Gasteiger partial charge in [0.15, 0.2) is 6.19 Å². The standard InChI is InChI=1S/C5H8N2/c6-4-7-5-2-1-3-5/h5,7H,1-3H2. The van der Waals surface area contributed by atoms with Crippen molar-refractivity contribution in [1.82, 2.24) is 5.32 Å². The van der Waals surface area contributed by atoms with Gasteiger partial charge < -0.3 is 5.32 Å². The number of hydrogen-bond donors (Lipinski definition) is 1. The van der Waals surface area contributed by atoms with E-state index in [0.29, 0.717) is 6.04 Å². The fourth-order valence-electron chi connectivity index (χ4n) is 0.644. The highest BCUT2D eigenvalue weighted by molar-refractivity contribution is 4.82. The van der Waals surface area contributed by atoms with Crippen molar-refractivity contribution >= 4 is 0 Å². The first-order chi connectivity index (χ1) is 3.43. The second-order valence-corrected chi connectivity index (χ2v) is 1.88. The van der Waals surface area contributed by atoms with Gasteiger partial charge in [0.1, 0.15) is 0 Å². The molecule has 0 bridgehead atoms. The van der Waals surface area contributed by atoms with Gasteiger partial charge in [-0.2, -0.15) is 5.26 Å². The average Bonchev–Trinajstić information content (AvgIpc) is 1.55. The lowest BCUT2D eigenvalue weighted by Gasteiger charge is -2.22. The van der Waals surface area contributed by atoms with E-state index >= 15 is 0 Å². The zero-order valence-corrected chi connectivity index (χ0v) is 4.15. The van der Waals surface area contributed by atoms with Gasteiger partial charge in [-0.05, 0) is 19.3 Å². The van der Waals surface area contributed by atoms with Crippen LogP contribution in [0.25, 0.3) is 0 Å². The van der Waals surface area contributed by atoms with Crippen molar-refractivity contribution in [1.29, 1.82) is 5.26 Å². The number of nitrogens with zero attached hydrogens (tertiary/aromatic N) is 1. The van der Waals surface area contributed by atoms with Crippen LogP contribution >= 0.6 is 0 Å². The molecule has 38 valence electrons. The lowest BCUT2D eigenvalue weighted by atomic mass is 9.94. The topological polar surface area (TPSA) is 35.8 Å². The third kappa shape index (κ3) is 0.833. The number of hydrogen-bond acceptors (Lipinski definition) is 2. The van der Waals surface area contributed by atoms with Crippen LogP contribution in [-0.2, 0) is 0 Å². The van der Waals surface area contributed by atoms with E-state index in [0.717, 1.165) is 0 Å². The molecule has 1 fully saturated rings. The van der Waals surface area contributed by atoms with Gasteiger partial charge in [-0.3, -0.25) is 0 Å². The van der Waals surface area contributed by atoms with Gasteiger partial charge >= 0.3 is 0 Å². The summed E-state index contributed by atoms with van der Waals surface area (Å²) in [6, 6.07) is 0.519. The molecule has 7 heavy (non-hydrogen) atoms. The predicted octanol–water partition coefficient (Wildman–Crippen LogP) is 0.610. The molecule has 1 rings (SSSR count). The van der Waals surface area contributed by atoms with E-state index in [-0.39, 0.29) is 0 Å². The van der Waals surface area contributed by atoms with Crippen LogP contribution in [0, 0.1) is 11.5 Å². The zero-order chi connectivity index (χ0) is 5.11. The fourth-order valence-corrected chi connectivity index (χ4v) is 0.644. The third-order valence-electron chi connectivity index (χ3n) is 1.37. The zero-order valence-electron chi connectivity index (χ0n) is 4.15. The molecule has 1 N–H and O–H groups in total. The molecule has 0 heterocycles. The Morgan fingerprint density at radius 1 is 1.57 bits per heavy atom. The molecule has 0 aromatic rings. The Kier molecular flexibility index (Phi) is 1.16. The molecule has 0 saturated heterocycles. The van der Waals surface area contributed by atoms with Crippen LogP contribution in [0.4, 0.5) is 0 Å². The molecular weight excluding hydrogens is 88.1 g/mol. The Hall–Kier alpha value is -0.710. The van der Waals surface area contributed by atoms with Gasteiger partial charge in [-0.25, -0.2) is 0 Å². The first-order valence-corrected chi connectivity index (χ1v) is 2.58. The minimum Gasteiger partial charge on any atom is -0.321 e. The van der Waals surface area contributed by atoms with E-state index in [9.17, 15) is 0 Å². The van der Waals surface area contributed by atoms with E-state index in [1.807, 2.05) is 6.19 Å². The number of rotatable bonds is 1. The highest BCUT2D eigenvalue weighted by Crippen LogP contribution is 2.16. The summed E-state index contributed by atoms with van der Waals surface area (Å²) in [5, 5.41) is 10.7. The molecule has 0 unspecified atom stereocenters. The maximum Gasteiger partial charge on any atom is 0.176 e. The minimum atomic E-state index is 0.519. The number of nitrogens with one attached hydrogen (secondary N) is 1. The quantitative estimate of drug-likeness (QED) is 0.383. The van der Waals surface area contributed by atoms with E-state index in [4.69, 9.17) is 5.26 Å². The van der Waals surface area contributed by atoms with E-state index in [2.05, 4.69) is 5.32 Å². The molecule has 2 nitrogen and oxygen atoms in total. The van der Waals surface area contributed by atoms with Crippen molar-refractivity contribution in [3.63, 3.8) is 0 Å². The van der Waals surface area contributed by atoms with Crippen LogP contribution in [0.1, 0.15) is 19.3 Å². The average molecular weight is 96.1 g/mol. The highest BCUT2D eigenvalue weighted by atomic mass is 14.9. The molecule has 0 radical (unpaired) electrons. The summed E-state index contributed by atoms with van der Waals surface area (Å²) in [6.07, 6.45) is 5.59. The summed E-state index contributed by atoms with van der Waals surface area (Å²) in [7, 11) is 0. The number of nitriles is 1. The maximum atomic E-state index is 8.04. The summed E-state index contributed by atoms with van der Waals surface area (Å²) in [4.78, 5) is 0. The van der Waals surface area contributed by atoms with Crippen molar-refractivity contribution in [3.8, 4) is 6.19 Å². The highest BCUT2D eigenvalue weighted by Gasteiger charge is 2.15. The Balaban J connectivity index is 2.06. The van der Waals surface area contributed by atoms with E-state index < -0.39 is 0 Å². The first-order valence-electron chi connectivity index (χ1n) is 2.58. The molecule has 0 atom stereocenters. The van der Waals surface area contributed by atoms with Crippen LogP contribution in [-0.4, -0.2) is 6.04 Å². The fraction of sp³-hybridized carbons (Fsp3) is 0.800.